The molecule has 1 unspecified atom stereocenters. The van der Waals surface area contributed by atoms with Crippen LogP contribution in [0.2, 0.25) is 0 Å². The van der Waals surface area contributed by atoms with Gasteiger partial charge in [-0.3, -0.25) is 32.4 Å². The van der Waals surface area contributed by atoms with Gasteiger partial charge in [0.05, 0.1) is 154 Å². The second kappa shape index (κ2) is 34.7. The van der Waals surface area contributed by atoms with Gasteiger partial charge in [0.25, 0.3) is 10.0 Å². The highest BCUT2D eigenvalue weighted by Gasteiger charge is 2.52. The van der Waals surface area contributed by atoms with Gasteiger partial charge in [0.2, 0.25) is 17.7 Å². The quantitative estimate of drug-likeness (QED) is 0.0652. The molecule has 0 saturated carbocycles. The van der Waals surface area contributed by atoms with Gasteiger partial charge in [-0.05, 0) is 144 Å². The van der Waals surface area contributed by atoms with Crippen LogP contribution in [0.1, 0.15) is 137 Å². The van der Waals surface area contributed by atoms with Gasteiger partial charge < -0.3 is 77.8 Å². The molecule has 7 aliphatic heterocycles. The molecule has 35 heteroatoms. The van der Waals surface area contributed by atoms with Crippen molar-refractivity contribution < 1.29 is 66.1 Å². The van der Waals surface area contributed by atoms with Gasteiger partial charge in [-0.15, -0.1) is 0 Å². The van der Waals surface area contributed by atoms with E-state index in [0.717, 1.165) is 153 Å². The number of aromatic nitrogens is 12. The van der Waals surface area contributed by atoms with E-state index >= 15 is 0 Å². The minimum atomic E-state index is -3.89. The van der Waals surface area contributed by atoms with Gasteiger partial charge >= 0.3 is 13.1 Å². The molecule has 13 aromatic rings. The van der Waals surface area contributed by atoms with Crippen LogP contribution in [0.3, 0.4) is 0 Å². The molecule has 654 valence electrons. The Morgan fingerprint density at radius 1 is 0.504 bits per heavy atom. The van der Waals surface area contributed by atoms with Crippen molar-refractivity contribution in [2.24, 2.45) is 0 Å². The number of nitrogens with one attached hydrogen (secondary N) is 2. The number of ether oxygens (including phenoxy) is 4. The van der Waals surface area contributed by atoms with Gasteiger partial charge in [0.15, 0.2) is 16.9 Å². The molecular weight excluding hydrogens is 1680 g/mol. The number of aromatic amines is 2. The molecule has 4 aromatic carbocycles. The van der Waals surface area contributed by atoms with E-state index in [1.165, 1.54) is 25.7 Å². The lowest BCUT2D eigenvalue weighted by molar-refractivity contribution is -0.146. The Bertz CT molecular complexity index is 6090. The minimum Gasteiger partial charge on any atom is -0.461 e. The van der Waals surface area contributed by atoms with Gasteiger partial charge in [0, 0.05) is 146 Å². The number of β-amino-alcohol motifs (C(OH)–C–C–N with tert-alkyl or cyclic N) is 2. The first-order valence-corrected chi connectivity index (χ1v) is 44.7. The normalized spacial score (nSPS) is 22.6. The average molecular weight is 1780 g/mol. The predicted octanol–water partition coefficient (Wildman–Crippen LogP) is 10.9. The van der Waals surface area contributed by atoms with Crippen LogP contribution < -0.4 is 20.2 Å². The lowest BCUT2D eigenvalue weighted by atomic mass is 9.79. The third-order valence-corrected chi connectivity index (χ3v) is 27.3. The summed E-state index contributed by atoms with van der Waals surface area (Å²) < 4.78 is 68.9. The van der Waals surface area contributed by atoms with E-state index in [1.807, 2.05) is 43.8 Å². The first kappa shape index (κ1) is 86.0. The number of amides is 3. The van der Waals surface area contributed by atoms with Crippen LogP contribution in [-0.2, 0) is 57.5 Å². The van der Waals surface area contributed by atoms with Crippen LogP contribution in [0.4, 0.5) is 17.1 Å². The Labute approximate surface area is 732 Å². The number of esters is 1. The Morgan fingerprint density at radius 3 is 1.36 bits per heavy atom. The number of hydrogen-bond acceptors (Lipinski definition) is 23. The number of morpholine rings is 3. The van der Waals surface area contributed by atoms with Crippen LogP contribution in [0.5, 0.6) is 0 Å². The molecule has 0 spiro atoms. The third-order valence-electron chi connectivity index (χ3n) is 25.0. The number of anilines is 3. The molecule has 20 rings (SSSR count). The zero-order valence-electron chi connectivity index (χ0n) is 72.0. The van der Waals surface area contributed by atoms with E-state index < -0.39 is 40.3 Å². The summed E-state index contributed by atoms with van der Waals surface area (Å²) in [7, 11) is -4.18. The van der Waals surface area contributed by atoms with E-state index in [1.54, 1.807) is 69.5 Å². The summed E-state index contributed by atoms with van der Waals surface area (Å²) in [5, 5.41) is 20.7. The second-order valence-corrected chi connectivity index (χ2v) is 36.9. The molecule has 7 aliphatic rings. The fraction of sp³-hybridized carbons (Fsp3) is 0.422. The van der Waals surface area contributed by atoms with Crippen molar-refractivity contribution in [1.29, 1.82) is 0 Å². The molecule has 7 fully saturated rings. The summed E-state index contributed by atoms with van der Waals surface area (Å²) in [6, 6.07) is 36.5. The summed E-state index contributed by atoms with van der Waals surface area (Å²) in [5.74, 6) is 1.28. The minimum absolute atomic E-state index is 0.0664. The lowest BCUT2D eigenvalue weighted by Crippen LogP contribution is -2.41. The number of imidazole rings is 3. The molecule has 0 radical (unpaired) electrons. The van der Waals surface area contributed by atoms with Crippen molar-refractivity contribution in [3.8, 4) is 22.5 Å². The first-order valence-electron chi connectivity index (χ1n) is 42.5. The number of aliphatic hydroxyl groups is 2. The van der Waals surface area contributed by atoms with Gasteiger partial charge in [-0.1, -0.05) is 54.1 Å². The molecular formula is C90H104BBrN18O14S. The maximum atomic E-state index is 13.4. The van der Waals surface area contributed by atoms with Gasteiger partial charge in [-0.25, -0.2) is 42.3 Å². The van der Waals surface area contributed by atoms with Gasteiger partial charge in [-0.2, -0.15) is 0 Å². The Morgan fingerprint density at radius 2 is 0.920 bits per heavy atom. The molecule has 9 atom stereocenters. The highest BCUT2D eigenvalue weighted by Crippen LogP contribution is 2.43. The predicted molar refractivity (Wildman–Crippen MR) is 477 cm³/mol. The number of rotatable bonds is 12. The van der Waals surface area contributed by atoms with E-state index in [0.29, 0.717) is 53.8 Å². The molecule has 7 saturated heterocycles. The van der Waals surface area contributed by atoms with E-state index in [-0.39, 0.29) is 83.5 Å². The molecule has 9 aromatic heterocycles. The topological polar surface area (TPSA) is 345 Å². The number of nitrogens with zero attached hydrogens (tertiary/aromatic N) is 16. The molecule has 0 aliphatic carbocycles. The average Bonchev–Trinajstić information content (AvgIpc) is 1.59. The molecule has 3 amide bonds. The Kier molecular flexibility index (Phi) is 23.8. The number of H-pyrrole nitrogens is 2. The lowest BCUT2D eigenvalue weighted by Gasteiger charge is -2.33. The summed E-state index contributed by atoms with van der Waals surface area (Å²) in [6.45, 7) is 30.9. The Balaban J connectivity index is 0.000000119. The molecule has 32 nitrogen and oxygen atoms in total. The maximum absolute atomic E-state index is 13.4. The summed E-state index contributed by atoms with van der Waals surface area (Å²) >= 11 is 3.47. The van der Waals surface area contributed by atoms with Crippen molar-refractivity contribution in [3.63, 3.8) is 0 Å². The van der Waals surface area contributed by atoms with E-state index in [9.17, 15) is 37.8 Å². The molecule has 4 N–H and O–H groups in total. The maximum Gasteiger partial charge on any atom is 0.494 e. The number of benzene rings is 4. The van der Waals surface area contributed by atoms with E-state index in [2.05, 4.69) is 191 Å². The van der Waals surface area contributed by atoms with Crippen LogP contribution in [-0.4, -0.2) is 248 Å². The smallest absolute Gasteiger partial charge is 0.461 e. The summed E-state index contributed by atoms with van der Waals surface area (Å²) in [4.78, 5) is 95.6. The number of halogens is 1. The van der Waals surface area contributed by atoms with Crippen molar-refractivity contribution >= 4 is 129 Å². The van der Waals surface area contributed by atoms with Crippen LogP contribution in [0, 0.1) is 6.92 Å². The second-order valence-electron chi connectivity index (χ2n) is 34.4. The number of hydrogen-bond donors (Lipinski definition) is 4. The number of aryl methyl sites for hydroxylation is 1. The number of fused-ring (bicyclic) bond motifs is 9. The highest BCUT2D eigenvalue weighted by atomic mass is 79.9. The van der Waals surface area contributed by atoms with Gasteiger partial charge in [0.1, 0.15) is 28.2 Å². The summed E-state index contributed by atoms with van der Waals surface area (Å²) in [6.07, 6.45) is 10.8. The molecule has 0 bridgehead atoms. The number of carbonyl (C=O) groups excluding carboxylic acids is 4. The largest absolute Gasteiger partial charge is 0.494 e. The fourth-order valence-corrected chi connectivity index (χ4v) is 19.8. The zero-order valence-corrected chi connectivity index (χ0v) is 74.5. The van der Waals surface area contributed by atoms with Crippen LogP contribution in [0.15, 0.2) is 162 Å². The van der Waals surface area contributed by atoms with E-state index in [4.69, 9.17) is 38.2 Å². The summed E-state index contributed by atoms with van der Waals surface area (Å²) in [5.41, 5.74) is 15.0. The Hall–Kier alpha value is -11.1. The van der Waals surface area contributed by atoms with Crippen LogP contribution >= 0.6 is 15.9 Å². The number of likely N-dealkylation sites (tertiary alicyclic amines) is 3. The number of carbonyl (C=O) groups is 4. The first-order chi connectivity index (χ1) is 59.8. The molecule has 16 heterocycles. The fourth-order valence-electron chi connectivity index (χ4n) is 18.1. The van der Waals surface area contributed by atoms with Crippen molar-refractivity contribution in [3.05, 3.63) is 180 Å². The third kappa shape index (κ3) is 17.0. The van der Waals surface area contributed by atoms with Crippen molar-refractivity contribution in [2.45, 2.75) is 173 Å². The standard InChI is InChI=1S/2C25H28N6O3.C23H22BrN5O5S.C17H26BNO3/c2*1-15-13-29(9-10-34-15)18-5-3-17(4-6-18)23-22-12-27-24-20(7-8-26-24)31(22)25(28-23)21-11-19(33)14-30(21)16(2)32;1-13-4-6-17(7-5-13)35(32,33)28-9-8-18-22(28)25-11-20-21(24)26-23(29(18)20)19-10-16(34-15(3)31)12-27(19)14(2)30;1-13-12-19(10-11-20-13)15-8-6-14(7-9-15)18-21-16(2,3)17(4,5)22-18/h2*3-8,12,15,19,21,26,33H,9-11,13-14H2,1-2H3;4-9,11,16,19H,10,12H2,1-3H3;6-9,13H,10-12H2,1-5H3/t15-,19+,21+;15-,19-,21-;16-,19-;/m011./s1. The monoisotopic (exact) mass is 1780 g/mol. The SMILES string of the molecule is CC(=O)N1C[C@H](O)C[C@@H]1c1nc(-c2ccc(N3CCO[C@@H](C)C3)cc2)c2cnc3[nH]ccc3n12.CC(=O)N1C[C@H](O)C[C@@H]1c1nc(-c2ccc(N3CCO[C@H](C)C3)cc2)c2cnc3[nH]ccc3n12.CC(=O)O[C@@H]1C[C@H](c2nc(Br)c3cnc4c(ccn4S(=O)(=O)c4ccc(C)cc4)n23)N(C(C)=O)C1.CC1CN(c2ccc(B3OC(C)(C)C(C)(C)O3)cc2)CCO1. The van der Waals surface area contributed by atoms with Crippen molar-refractivity contribution in [2.75, 3.05) is 93.4 Å². The van der Waals surface area contributed by atoms with Crippen LogP contribution in [0.25, 0.3) is 72.6 Å². The zero-order chi connectivity index (χ0) is 87.8. The highest BCUT2D eigenvalue weighted by molar-refractivity contribution is 9.10. The van der Waals surface area contributed by atoms with Crippen molar-refractivity contribution in [1.82, 2.24) is 71.7 Å². The molecule has 125 heavy (non-hydrogen) atoms. The number of aliphatic hydroxyl groups excluding tert-OH is 2.